The summed E-state index contributed by atoms with van der Waals surface area (Å²) < 4.78 is 15.9. The lowest BCUT2D eigenvalue weighted by Gasteiger charge is -2.13. The lowest BCUT2D eigenvalue weighted by Crippen LogP contribution is -2.17. The van der Waals surface area contributed by atoms with Crippen LogP contribution in [-0.2, 0) is 13.0 Å². The Kier molecular flexibility index (Phi) is 8.30. The van der Waals surface area contributed by atoms with E-state index < -0.39 is 0 Å². The van der Waals surface area contributed by atoms with E-state index in [2.05, 4.69) is 17.4 Å². The van der Waals surface area contributed by atoms with Gasteiger partial charge in [-0.3, -0.25) is 0 Å². The first kappa shape index (κ1) is 19.1. The highest BCUT2D eigenvalue weighted by atomic mass is 35.5. The third kappa shape index (κ3) is 5.34. The van der Waals surface area contributed by atoms with Crippen LogP contribution in [0.25, 0.3) is 0 Å². The fourth-order valence-corrected chi connectivity index (χ4v) is 2.34. The number of hydrogen-bond acceptors (Lipinski definition) is 4. The minimum Gasteiger partial charge on any atom is -0.497 e. The van der Waals surface area contributed by atoms with Crippen LogP contribution in [0.15, 0.2) is 42.5 Å². The van der Waals surface area contributed by atoms with Gasteiger partial charge in [0.05, 0.1) is 21.3 Å². The zero-order valence-electron chi connectivity index (χ0n) is 13.8. The molecule has 5 heteroatoms. The van der Waals surface area contributed by atoms with E-state index in [-0.39, 0.29) is 12.4 Å². The van der Waals surface area contributed by atoms with Gasteiger partial charge in [-0.1, -0.05) is 24.3 Å². The second kappa shape index (κ2) is 9.98. The lowest BCUT2D eigenvalue weighted by atomic mass is 10.1. The molecule has 0 aliphatic rings. The first-order chi connectivity index (χ1) is 10.8. The van der Waals surface area contributed by atoms with Crippen LogP contribution in [-0.4, -0.2) is 27.9 Å². The van der Waals surface area contributed by atoms with Crippen molar-refractivity contribution < 1.29 is 14.2 Å². The number of ether oxygens (including phenoxy) is 3. The highest BCUT2D eigenvalue weighted by molar-refractivity contribution is 5.85. The minimum absolute atomic E-state index is 0. The van der Waals surface area contributed by atoms with E-state index in [1.165, 1.54) is 5.56 Å². The van der Waals surface area contributed by atoms with Gasteiger partial charge >= 0.3 is 0 Å². The number of methoxy groups -OCH3 is 3. The van der Waals surface area contributed by atoms with Gasteiger partial charge in [-0.25, -0.2) is 0 Å². The van der Waals surface area contributed by atoms with E-state index in [9.17, 15) is 0 Å². The molecule has 0 bridgehead atoms. The largest absolute Gasteiger partial charge is 0.497 e. The molecule has 4 nitrogen and oxygen atoms in total. The average Bonchev–Trinajstić information content (AvgIpc) is 2.58. The Hall–Kier alpha value is -1.91. The zero-order chi connectivity index (χ0) is 15.8. The molecule has 0 aliphatic heterocycles. The van der Waals surface area contributed by atoms with Gasteiger partial charge in [0.1, 0.15) is 5.75 Å². The van der Waals surface area contributed by atoms with Crippen molar-refractivity contribution in [2.45, 2.75) is 13.0 Å². The third-order valence-corrected chi connectivity index (χ3v) is 3.55. The van der Waals surface area contributed by atoms with Crippen molar-refractivity contribution in [2.75, 3.05) is 27.9 Å². The summed E-state index contributed by atoms with van der Waals surface area (Å²) in [6.45, 7) is 1.64. The van der Waals surface area contributed by atoms with Crippen molar-refractivity contribution in [3.8, 4) is 17.2 Å². The summed E-state index contributed by atoms with van der Waals surface area (Å²) in [7, 11) is 5.00. The molecule has 126 valence electrons. The van der Waals surface area contributed by atoms with E-state index in [1.54, 1.807) is 21.3 Å². The Labute approximate surface area is 144 Å². The normalized spacial score (nSPS) is 9.87. The SMILES string of the molecule is COc1ccc(CCNCc2cccc(OC)c2OC)cc1.Cl. The van der Waals surface area contributed by atoms with E-state index in [1.807, 2.05) is 30.3 Å². The van der Waals surface area contributed by atoms with Gasteiger partial charge in [0.2, 0.25) is 0 Å². The van der Waals surface area contributed by atoms with E-state index in [0.717, 1.165) is 42.3 Å². The Morgan fingerprint density at radius 1 is 0.870 bits per heavy atom. The van der Waals surface area contributed by atoms with Crippen LogP contribution in [0, 0.1) is 0 Å². The van der Waals surface area contributed by atoms with Crippen molar-refractivity contribution in [1.29, 1.82) is 0 Å². The fourth-order valence-electron chi connectivity index (χ4n) is 2.34. The third-order valence-electron chi connectivity index (χ3n) is 3.55. The lowest BCUT2D eigenvalue weighted by molar-refractivity contribution is 0.350. The standard InChI is InChI=1S/C18H23NO3.ClH/c1-20-16-9-7-14(8-10-16)11-12-19-13-15-5-4-6-17(21-2)18(15)22-3;/h4-10,19H,11-13H2,1-3H3;1H. The average molecular weight is 338 g/mol. The second-order valence-corrected chi connectivity index (χ2v) is 4.93. The summed E-state index contributed by atoms with van der Waals surface area (Å²) in [5.41, 5.74) is 2.38. The monoisotopic (exact) mass is 337 g/mol. The number of nitrogens with one attached hydrogen (secondary N) is 1. The molecule has 23 heavy (non-hydrogen) atoms. The van der Waals surface area contributed by atoms with Gasteiger partial charge in [0.25, 0.3) is 0 Å². The van der Waals surface area contributed by atoms with Crippen LogP contribution >= 0.6 is 12.4 Å². The first-order valence-electron chi connectivity index (χ1n) is 7.32. The fraction of sp³-hybridized carbons (Fsp3) is 0.333. The Bertz CT molecular complexity index is 587. The van der Waals surface area contributed by atoms with E-state index in [0.29, 0.717) is 0 Å². The van der Waals surface area contributed by atoms with Crippen LogP contribution in [0.5, 0.6) is 17.2 Å². The Balaban J connectivity index is 0.00000264. The minimum atomic E-state index is 0. The molecular weight excluding hydrogens is 314 g/mol. The van der Waals surface area contributed by atoms with Crippen molar-refractivity contribution in [3.63, 3.8) is 0 Å². The molecule has 2 aromatic rings. The highest BCUT2D eigenvalue weighted by Crippen LogP contribution is 2.30. The molecule has 0 aliphatic carbocycles. The number of halogens is 1. The van der Waals surface area contributed by atoms with Crippen LogP contribution in [0.2, 0.25) is 0 Å². The molecule has 2 aromatic carbocycles. The predicted molar refractivity (Wildman–Crippen MR) is 95.2 cm³/mol. The summed E-state index contributed by atoms with van der Waals surface area (Å²) in [4.78, 5) is 0. The summed E-state index contributed by atoms with van der Waals surface area (Å²) in [6.07, 6.45) is 0.969. The molecule has 0 fully saturated rings. The molecule has 0 saturated carbocycles. The van der Waals surface area contributed by atoms with E-state index >= 15 is 0 Å². The maximum absolute atomic E-state index is 5.43. The molecule has 0 spiro atoms. The molecule has 0 heterocycles. The molecule has 2 rings (SSSR count). The van der Waals surface area contributed by atoms with Crippen molar-refractivity contribution in [3.05, 3.63) is 53.6 Å². The number of rotatable bonds is 8. The molecule has 1 N–H and O–H groups in total. The van der Waals surface area contributed by atoms with Crippen LogP contribution < -0.4 is 19.5 Å². The van der Waals surface area contributed by atoms with Gasteiger partial charge in [-0.15, -0.1) is 12.4 Å². The number of hydrogen-bond donors (Lipinski definition) is 1. The summed E-state index contributed by atoms with van der Waals surface area (Å²) in [5.74, 6) is 2.44. The molecule has 0 atom stereocenters. The molecule has 0 saturated heterocycles. The first-order valence-corrected chi connectivity index (χ1v) is 7.32. The maximum atomic E-state index is 5.43. The maximum Gasteiger partial charge on any atom is 0.165 e. The molecular formula is C18H24ClNO3. The summed E-state index contributed by atoms with van der Waals surface area (Å²) >= 11 is 0. The van der Waals surface area contributed by atoms with Crippen molar-refractivity contribution >= 4 is 12.4 Å². The van der Waals surface area contributed by atoms with Gasteiger partial charge in [0.15, 0.2) is 11.5 Å². The Morgan fingerprint density at radius 2 is 1.61 bits per heavy atom. The highest BCUT2D eigenvalue weighted by Gasteiger charge is 2.08. The topological polar surface area (TPSA) is 39.7 Å². The van der Waals surface area contributed by atoms with Crippen LogP contribution in [0.1, 0.15) is 11.1 Å². The molecule has 0 amide bonds. The summed E-state index contributed by atoms with van der Waals surface area (Å²) in [5, 5.41) is 3.44. The number of para-hydroxylation sites is 1. The van der Waals surface area contributed by atoms with Crippen LogP contribution in [0.4, 0.5) is 0 Å². The summed E-state index contributed by atoms with van der Waals surface area (Å²) in [6, 6.07) is 14.1. The predicted octanol–water partition coefficient (Wildman–Crippen LogP) is 3.47. The molecule has 0 aromatic heterocycles. The van der Waals surface area contributed by atoms with Crippen molar-refractivity contribution in [2.24, 2.45) is 0 Å². The van der Waals surface area contributed by atoms with Crippen LogP contribution in [0.3, 0.4) is 0 Å². The quantitative estimate of drug-likeness (QED) is 0.749. The Morgan fingerprint density at radius 3 is 2.22 bits per heavy atom. The van der Waals surface area contributed by atoms with Crippen molar-refractivity contribution in [1.82, 2.24) is 5.32 Å². The van der Waals surface area contributed by atoms with Gasteiger partial charge in [0, 0.05) is 12.1 Å². The second-order valence-electron chi connectivity index (χ2n) is 4.93. The van der Waals surface area contributed by atoms with E-state index in [4.69, 9.17) is 14.2 Å². The van der Waals surface area contributed by atoms with Gasteiger partial charge < -0.3 is 19.5 Å². The smallest absolute Gasteiger partial charge is 0.165 e. The number of benzene rings is 2. The van der Waals surface area contributed by atoms with Gasteiger partial charge in [-0.05, 0) is 36.7 Å². The zero-order valence-corrected chi connectivity index (χ0v) is 14.6. The molecule has 0 unspecified atom stereocenters. The molecule has 0 radical (unpaired) electrons. The van der Waals surface area contributed by atoms with Gasteiger partial charge in [-0.2, -0.15) is 0 Å².